The molecule has 0 bridgehead atoms. The fourth-order valence-corrected chi connectivity index (χ4v) is 4.33. The number of sulfone groups is 1. The highest BCUT2D eigenvalue weighted by Gasteiger charge is 2.31. The van der Waals surface area contributed by atoms with Gasteiger partial charge in [0.25, 0.3) is 0 Å². The van der Waals surface area contributed by atoms with Gasteiger partial charge in [-0.15, -0.1) is 0 Å². The lowest BCUT2D eigenvalue weighted by atomic mass is 10.1. The molecule has 19 heavy (non-hydrogen) atoms. The van der Waals surface area contributed by atoms with Crippen molar-refractivity contribution >= 4 is 15.7 Å². The second-order valence-electron chi connectivity index (χ2n) is 5.19. The first-order chi connectivity index (χ1) is 8.93. The van der Waals surface area contributed by atoms with Gasteiger partial charge in [0.1, 0.15) is 5.82 Å². The zero-order chi connectivity index (χ0) is 14.0. The van der Waals surface area contributed by atoms with E-state index in [1.807, 2.05) is 25.1 Å². The van der Waals surface area contributed by atoms with Crippen molar-refractivity contribution < 1.29 is 8.42 Å². The highest BCUT2D eigenvalue weighted by Crippen LogP contribution is 2.24. The molecular formula is C13H21N3O2S. The predicted molar refractivity (Wildman–Crippen MR) is 77.2 cm³/mol. The second-order valence-corrected chi connectivity index (χ2v) is 7.42. The van der Waals surface area contributed by atoms with Crippen molar-refractivity contribution in [3.05, 3.63) is 23.4 Å². The Morgan fingerprint density at radius 1 is 1.53 bits per heavy atom. The van der Waals surface area contributed by atoms with Crippen LogP contribution in [0.15, 0.2) is 12.3 Å². The van der Waals surface area contributed by atoms with E-state index in [4.69, 9.17) is 5.73 Å². The van der Waals surface area contributed by atoms with E-state index in [2.05, 4.69) is 11.1 Å². The molecule has 5 nitrogen and oxygen atoms in total. The Labute approximate surface area is 114 Å². The Kier molecular flexibility index (Phi) is 4.10. The van der Waals surface area contributed by atoms with Crippen LogP contribution >= 0.6 is 0 Å². The molecule has 1 aromatic rings. The smallest absolute Gasteiger partial charge is 0.152 e. The van der Waals surface area contributed by atoms with Gasteiger partial charge >= 0.3 is 0 Å². The first-order valence-electron chi connectivity index (χ1n) is 6.52. The van der Waals surface area contributed by atoms with Gasteiger partial charge in [-0.05, 0) is 37.4 Å². The Hall–Kier alpha value is -1.14. The summed E-state index contributed by atoms with van der Waals surface area (Å²) in [6.45, 7) is 2.61. The fraction of sp³-hybridized carbons (Fsp3) is 0.615. The van der Waals surface area contributed by atoms with E-state index in [9.17, 15) is 8.42 Å². The van der Waals surface area contributed by atoms with E-state index < -0.39 is 9.84 Å². The van der Waals surface area contributed by atoms with Crippen LogP contribution in [-0.2, 0) is 16.3 Å². The number of nitrogens with two attached hydrogens (primary N) is 1. The van der Waals surface area contributed by atoms with E-state index in [1.165, 1.54) is 0 Å². The molecule has 1 unspecified atom stereocenters. The molecule has 2 N–H and O–H groups in total. The molecule has 0 saturated carbocycles. The summed E-state index contributed by atoms with van der Waals surface area (Å²) in [5, 5.41) is 0. The summed E-state index contributed by atoms with van der Waals surface area (Å²) in [5.74, 6) is 1.38. The highest BCUT2D eigenvalue weighted by molar-refractivity contribution is 7.91. The van der Waals surface area contributed by atoms with E-state index in [0.717, 1.165) is 23.4 Å². The number of nitrogens with zero attached hydrogens (tertiary/aromatic N) is 2. The maximum atomic E-state index is 11.5. The average molecular weight is 283 g/mol. The molecule has 1 aromatic heterocycles. The monoisotopic (exact) mass is 283 g/mol. The lowest BCUT2D eigenvalue weighted by Crippen LogP contribution is -2.33. The third kappa shape index (κ3) is 3.25. The molecule has 2 rings (SSSR count). The lowest BCUT2D eigenvalue weighted by Gasteiger charge is -2.26. The van der Waals surface area contributed by atoms with Crippen LogP contribution in [0.5, 0.6) is 0 Å². The van der Waals surface area contributed by atoms with Gasteiger partial charge in [0.2, 0.25) is 0 Å². The molecule has 1 aliphatic rings. The molecule has 0 aromatic carbocycles. The topological polar surface area (TPSA) is 76.3 Å². The Bertz CT molecular complexity index is 557. The molecule has 0 spiro atoms. The van der Waals surface area contributed by atoms with Crippen molar-refractivity contribution in [3.63, 3.8) is 0 Å². The van der Waals surface area contributed by atoms with Crippen LogP contribution in [0, 0.1) is 6.92 Å². The second kappa shape index (κ2) is 5.46. The lowest BCUT2D eigenvalue weighted by molar-refractivity contribution is 0.600. The Morgan fingerprint density at radius 3 is 2.79 bits per heavy atom. The van der Waals surface area contributed by atoms with Gasteiger partial charge in [-0.25, -0.2) is 13.4 Å². The van der Waals surface area contributed by atoms with Crippen LogP contribution in [-0.4, -0.2) is 44.5 Å². The number of hydrogen-bond donors (Lipinski definition) is 1. The third-order valence-corrected chi connectivity index (χ3v) is 5.38. The molecule has 1 saturated heterocycles. The highest BCUT2D eigenvalue weighted by atomic mass is 32.2. The van der Waals surface area contributed by atoms with Gasteiger partial charge in [-0.1, -0.05) is 6.07 Å². The first-order valence-corrected chi connectivity index (χ1v) is 8.34. The molecule has 0 aliphatic carbocycles. The van der Waals surface area contributed by atoms with Crippen molar-refractivity contribution in [2.75, 3.05) is 30.0 Å². The van der Waals surface area contributed by atoms with Gasteiger partial charge in [0.05, 0.1) is 11.5 Å². The van der Waals surface area contributed by atoms with E-state index in [0.29, 0.717) is 13.0 Å². The number of hydrogen-bond acceptors (Lipinski definition) is 5. The number of pyridine rings is 1. The molecule has 1 atom stereocenters. The predicted octanol–water partition coefficient (Wildman–Crippen LogP) is 0.515. The summed E-state index contributed by atoms with van der Waals surface area (Å²) in [5.41, 5.74) is 7.72. The van der Waals surface area contributed by atoms with Gasteiger partial charge in [-0.3, -0.25) is 0 Å². The third-order valence-electron chi connectivity index (χ3n) is 3.63. The zero-order valence-corrected chi connectivity index (χ0v) is 12.3. The number of aromatic nitrogens is 1. The maximum absolute atomic E-state index is 11.5. The number of aryl methyl sites for hydroxylation is 1. The van der Waals surface area contributed by atoms with Crippen molar-refractivity contribution in [2.24, 2.45) is 5.73 Å². The first kappa shape index (κ1) is 14.3. The van der Waals surface area contributed by atoms with Crippen LogP contribution in [0.3, 0.4) is 0 Å². The van der Waals surface area contributed by atoms with Gasteiger partial charge in [0, 0.05) is 19.3 Å². The Morgan fingerprint density at radius 2 is 2.26 bits per heavy atom. The van der Waals surface area contributed by atoms with Gasteiger partial charge < -0.3 is 10.6 Å². The maximum Gasteiger partial charge on any atom is 0.152 e. The van der Waals surface area contributed by atoms with Crippen LogP contribution in [0.25, 0.3) is 0 Å². The van der Waals surface area contributed by atoms with Crippen LogP contribution in [0.2, 0.25) is 0 Å². The summed E-state index contributed by atoms with van der Waals surface area (Å²) in [6.07, 6.45) is 3.33. The number of rotatable bonds is 4. The van der Waals surface area contributed by atoms with Crippen molar-refractivity contribution in [3.8, 4) is 0 Å². The zero-order valence-electron chi connectivity index (χ0n) is 11.5. The van der Waals surface area contributed by atoms with Crippen molar-refractivity contribution in [2.45, 2.75) is 25.8 Å². The largest absolute Gasteiger partial charge is 0.355 e. The molecule has 2 heterocycles. The minimum atomic E-state index is -2.86. The van der Waals surface area contributed by atoms with Crippen molar-refractivity contribution in [1.29, 1.82) is 0 Å². The molecular weight excluding hydrogens is 262 g/mol. The van der Waals surface area contributed by atoms with Gasteiger partial charge in [0.15, 0.2) is 9.84 Å². The summed E-state index contributed by atoms with van der Waals surface area (Å²) < 4.78 is 23.1. The summed E-state index contributed by atoms with van der Waals surface area (Å²) in [4.78, 5) is 6.46. The summed E-state index contributed by atoms with van der Waals surface area (Å²) in [6, 6.07) is 2.12. The van der Waals surface area contributed by atoms with Gasteiger partial charge in [-0.2, -0.15) is 0 Å². The molecule has 1 fully saturated rings. The van der Waals surface area contributed by atoms with E-state index >= 15 is 0 Å². The fourth-order valence-electron chi connectivity index (χ4n) is 2.55. The molecule has 0 radical (unpaired) electrons. The van der Waals surface area contributed by atoms with E-state index in [-0.39, 0.29) is 17.5 Å². The van der Waals surface area contributed by atoms with Crippen LogP contribution in [0.1, 0.15) is 17.5 Å². The van der Waals surface area contributed by atoms with Crippen LogP contribution in [0.4, 0.5) is 5.82 Å². The minimum absolute atomic E-state index is 0.0385. The van der Waals surface area contributed by atoms with E-state index in [1.54, 1.807) is 0 Å². The van der Waals surface area contributed by atoms with Crippen molar-refractivity contribution in [1.82, 2.24) is 4.98 Å². The Balaban J connectivity index is 2.18. The normalized spacial score (nSPS) is 21.5. The summed E-state index contributed by atoms with van der Waals surface area (Å²) in [7, 11) is -0.944. The standard InChI is InChI=1S/C13H21N3O2S/c1-10-7-11(3-5-14)8-15-13(10)16(2)12-4-6-19(17,18)9-12/h7-8,12H,3-6,9,14H2,1-2H3. The number of anilines is 1. The molecule has 6 heteroatoms. The quantitative estimate of drug-likeness (QED) is 0.871. The molecule has 0 amide bonds. The van der Waals surface area contributed by atoms with Crippen LogP contribution < -0.4 is 10.6 Å². The average Bonchev–Trinajstić information content (AvgIpc) is 2.70. The molecule has 106 valence electrons. The summed E-state index contributed by atoms with van der Waals surface area (Å²) >= 11 is 0. The molecule has 1 aliphatic heterocycles. The minimum Gasteiger partial charge on any atom is -0.355 e. The SMILES string of the molecule is Cc1cc(CCN)cnc1N(C)C1CCS(=O)(=O)C1.